The van der Waals surface area contributed by atoms with Crippen LogP contribution in [0.4, 0.5) is 0 Å². The summed E-state index contributed by atoms with van der Waals surface area (Å²) in [7, 11) is 1.97. The first-order valence-corrected chi connectivity index (χ1v) is 4.34. The zero-order valence-electron chi connectivity index (χ0n) is 7.21. The van der Waals surface area contributed by atoms with Gasteiger partial charge in [0.15, 0.2) is 0 Å². The topological polar surface area (TPSA) is 35.5 Å². The van der Waals surface area contributed by atoms with Crippen molar-refractivity contribution < 1.29 is 5.11 Å². The predicted molar refractivity (Wildman–Crippen MR) is 45.6 cm³/mol. The molecule has 1 aliphatic rings. The van der Waals surface area contributed by atoms with Crippen LogP contribution in [-0.4, -0.2) is 49.8 Å². The summed E-state index contributed by atoms with van der Waals surface area (Å²) in [5.41, 5.74) is 0. The second-order valence-electron chi connectivity index (χ2n) is 3.24. The van der Waals surface area contributed by atoms with Crippen LogP contribution in [0.5, 0.6) is 0 Å². The number of rotatable bonds is 4. The SMILES string of the molecule is CNCCN1CC[C@@H](CO)C1. The highest BCUT2D eigenvalue weighted by atomic mass is 16.3. The van der Waals surface area contributed by atoms with Gasteiger partial charge in [-0.3, -0.25) is 0 Å². The molecule has 11 heavy (non-hydrogen) atoms. The van der Waals surface area contributed by atoms with Crippen LogP contribution in [0.25, 0.3) is 0 Å². The second-order valence-corrected chi connectivity index (χ2v) is 3.24. The van der Waals surface area contributed by atoms with Gasteiger partial charge in [0.2, 0.25) is 0 Å². The van der Waals surface area contributed by atoms with E-state index in [0.29, 0.717) is 12.5 Å². The Balaban J connectivity index is 2.09. The van der Waals surface area contributed by atoms with Crippen molar-refractivity contribution in [2.24, 2.45) is 5.92 Å². The van der Waals surface area contributed by atoms with Gasteiger partial charge in [0.25, 0.3) is 0 Å². The van der Waals surface area contributed by atoms with E-state index in [1.54, 1.807) is 0 Å². The van der Waals surface area contributed by atoms with Crippen molar-refractivity contribution in [3.05, 3.63) is 0 Å². The van der Waals surface area contributed by atoms with Crippen LogP contribution in [0, 0.1) is 5.92 Å². The van der Waals surface area contributed by atoms with Gasteiger partial charge in [0, 0.05) is 26.2 Å². The number of nitrogens with zero attached hydrogens (tertiary/aromatic N) is 1. The van der Waals surface area contributed by atoms with Crippen LogP contribution in [0.1, 0.15) is 6.42 Å². The second kappa shape index (κ2) is 4.70. The Labute approximate surface area is 68.4 Å². The Kier molecular flexibility index (Phi) is 3.83. The maximum absolute atomic E-state index is 8.87. The van der Waals surface area contributed by atoms with Crippen molar-refractivity contribution in [2.45, 2.75) is 6.42 Å². The molecule has 0 aromatic rings. The van der Waals surface area contributed by atoms with Gasteiger partial charge in [-0.1, -0.05) is 0 Å². The van der Waals surface area contributed by atoms with E-state index in [2.05, 4.69) is 10.2 Å². The van der Waals surface area contributed by atoms with Crippen LogP contribution in [0.15, 0.2) is 0 Å². The number of aliphatic hydroxyl groups is 1. The third kappa shape index (κ3) is 2.77. The highest BCUT2D eigenvalue weighted by Gasteiger charge is 2.20. The molecule has 0 aromatic heterocycles. The van der Waals surface area contributed by atoms with Crippen LogP contribution in [0.2, 0.25) is 0 Å². The summed E-state index contributed by atoms with van der Waals surface area (Å²) in [4.78, 5) is 2.40. The van der Waals surface area contributed by atoms with Crippen LogP contribution in [0.3, 0.4) is 0 Å². The molecule has 3 heteroatoms. The van der Waals surface area contributed by atoms with Crippen LogP contribution in [-0.2, 0) is 0 Å². The minimum atomic E-state index is 0.357. The van der Waals surface area contributed by atoms with Gasteiger partial charge in [-0.25, -0.2) is 0 Å². The summed E-state index contributed by atoms with van der Waals surface area (Å²) in [5.74, 6) is 0.534. The number of nitrogens with one attached hydrogen (secondary N) is 1. The molecule has 1 fully saturated rings. The monoisotopic (exact) mass is 158 g/mol. The molecule has 0 spiro atoms. The van der Waals surface area contributed by atoms with E-state index >= 15 is 0 Å². The zero-order chi connectivity index (χ0) is 8.10. The first kappa shape index (κ1) is 8.97. The van der Waals surface area contributed by atoms with Crippen LogP contribution >= 0.6 is 0 Å². The largest absolute Gasteiger partial charge is 0.396 e. The summed E-state index contributed by atoms with van der Waals surface area (Å²) in [5, 5.41) is 12.0. The fourth-order valence-electron chi connectivity index (χ4n) is 1.53. The molecule has 3 nitrogen and oxygen atoms in total. The van der Waals surface area contributed by atoms with Crippen LogP contribution < -0.4 is 5.32 Å². The molecule has 0 aliphatic carbocycles. The summed E-state index contributed by atoms with van der Waals surface area (Å²) < 4.78 is 0. The lowest BCUT2D eigenvalue weighted by molar-refractivity contribution is 0.222. The normalized spacial score (nSPS) is 26.2. The number of hydrogen-bond donors (Lipinski definition) is 2. The first-order valence-electron chi connectivity index (χ1n) is 4.34. The molecule has 0 bridgehead atoms. The Morgan fingerprint density at radius 1 is 1.64 bits per heavy atom. The van der Waals surface area contributed by atoms with E-state index in [4.69, 9.17) is 5.11 Å². The summed E-state index contributed by atoms with van der Waals surface area (Å²) >= 11 is 0. The van der Waals surface area contributed by atoms with Gasteiger partial charge in [-0.2, -0.15) is 0 Å². The average Bonchev–Trinajstić information content (AvgIpc) is 2.48. The van der Waals surface area contributed by atoms with Crippen molar-refractivity contribution in [1.29, 1.82) is 0 Å². The third-order valence-corrected chi connectivity index (χ3v) is 2.31. The van der Waals surface area contributed by atoms with Gasteiger partial charge < -0.3 is 15.3 Å². The molecule has 1 atom stereocenters. The lowest BCUT2D eigenvalue weighted by atomic mass is 10.1. The quantitative estimate of drug-likeness (QED) is 0.580. The molecule has 0 radical (unpaired) electrons. The van der Waals surface area contributed by atoms with Crippen molar-refractivity contribution in [3.8, 4) is 0 Å². The first-order chi connectivity index (χ1) is 5.36. The molecule has 0 aromatic carbocycles. The van der Waals surface area contributed by atoms with Crippen molar-refractivity contribution in [1.82, 2.24) is 10.2 Å². The summed E-state index contributed by atoms with van der Waals surface area (Å²) in [6.45, 7) is 4.77. The smallest absolute Gasteiger partial charge is 0.0471 e. The molecule has 2 N–H and O–H groups in total. The zero-order valence-corrected chi connectivity index (χ0v) is 7.21. The highest BCUT2D eigenvalue weighted by molar-refractivity contribution is 4.74. The molecule has 0 unspecified atom stereocenters. The van der Waals surface area contributed by atoms with Gasteiger partial charge in [-0.05, 0) is 25.9 Å². The Hall–Kier alpha value is -0.120. The number of likely N-dealkylation sites (N-methyl/N-ethyl adjacent to an activating group) is 1. The molecule has 1 aliphatic heterocycles. The lowest BCUT2D eigenvalue weighted by Gasteiger charge is -2.14. The van der Waals surface area contributed by atoms with Crippen molar-refractivity contribution >= 4 is 0 Å². The highest BCUT2D eigenvalue weighted by Crippen LogP contribution is 2.13. The molecule has 66 valence electrons. The molecule has 0 saturated carbocycles. The Morgan fingerprint density at radius 2 is 2.45 bits per heavy atom. The van der Waals surface area contributed by atoms with Gasteiger partial charge >= 0.3 is 0 Å². The van der Waals surface area contributed by atoms with Crippen molar-refractivity contribution in [3.63, 3.8) is 0 Å². The van der Waals surface area contributed by atoms with Gasteiger partial charge in [0.1, 0.15) is 0 Å². The Bertz CT molecular complexity index is 108. The summed E-state index contributed by atoms with van der Waals surface area (Å²) in [6.07, 6.45) is 1.17. The molecule has 1 heterocycles. The average molecular weight is 158 g/mol. The lowest BCUT2D eigenvalue weighted by Crippen LogP contribution is -2.29. The molecule has 1 rings (SSSR count). The third-order valence-electron chi connectivity index (χ3n) is 2.31. The van der Waals surface area contributed by atoms with Gasteiger partial charge in [0.05, 0.1) is 0 Å². The summed E-state index contributed by atoms with van der Waals surface area (Å²) in [6, 6.07) is 0. The molecule has 0 amide bonds. The number of hydrogen-bond acceptors (Lipinski definition) is 3. The minimum absolute atomic E-state index is 0.357. The maximum atomic E-state index is 8.87. The molecular weight excluding hydrogens is 140 g/mol. The van der Waals surface area contributed by atoms with Gasteiger partial charge in [-0.15, -0.1) is 0 Å². The molecular formula is C8H18N2O. The predicted octanol–water partition coefficient (Wildman–Crippen LogP) is -0.480. The number of likely N-dealkylation sites (tertiary alicyclic amines) is 1. The van der Waals surface area contributed by atoms with E-state index < -0.39 is 0 Å². The Morgan fingerprint density at radius 3 is 3.00 bits per heavy atom. The van der Waals surface area contributed by atoms with E-state index in [9.17, 15) is 0 Å². The van der Waals surface area contributed by atoms with E-state index in [1.807, 2.05) is 7.05 Å². The standard InChI is InChI=1S/C8H18N2O/c1-9-3-5-10-4-2-8(6-10)7-11/h8-9,11H,2-7H2,1H3/t8-/m1/s1. The molecule has 1 saturated heterocycles. The number of aliphatic hydroxyl groups excluding tert-OH is 1. The maximum Gasteiger partial charge on any atom is 0.0471 e. The van der Waals surface area contributed by atoms with E-state index in [1.165, 1.54) is 6.42 Å². The van der Waals surface area contributed by atoms with E-state index in [0.717, 1.165) is 26.2 Å². The van der Waals surface area contributed by atoms with E-state index in [-0.39, 0.29) is 0 Å². The van der Waals surface area contributed by atoms with Crippen molar-refractivity contribution in [2.75, 3.05) is 39.8 Å². The fourth-order valence-corrected chi connectivity index (χ4v) is 1.53. The fraction of sp³-hybridized carbons (Fsp3) is 1.00. The minimum Gasteiger partial charge on any atom is -0.396 e.